The van der Waals surface area contributed by atoms with Crippen LogP contribution in [0.15, 0.2) is 17.6 Å². The van der Waals surface area contributed by atoms with Gasteiger partial charge in [-0.3, -0.25) is 14.7 Å². The predicted molar refractivity (Wildman–Crippen MR) is 104 cm³/mol. The molecule has 0 atom stereocenters. The molecule has 0 radical (unpaired) electrons. The molecule has 0 spiro atoms. The monoisotopic (exact) mass is 439 g/mol. The molecule has 0 aromatic carbocycles. The van der Waals surface area contributed by atoms with Gasteiger partial charge in [0.2, 0.25) is 5.91 Å². The summed E-state index contributed by atoms with van der Waals surface area (Å²) in [6.45, 7) is 8.07. The number of hydrogen-bond donors (Lipinski definition) is 3. The maximum Gasteiger partial charge on any atom is 0.239 e. The summed E-state index contributed by atoms with van der Waals surface area (Å²) in [4.78, 5) is 18.2. The zero-order chi connectivity index (χ0) is 16.2. The lowest BCUT2D eigenvalue weighted by atomic mass is 10.1. The van der Waals surface area contributed by atoms with Crippen molar-refractivity contribution in [1.82, 2.24) is 20.9 Å². The van der Waals surface area contributed by atoms with E-state index in [1.54, 1.807) is 14.2 Å². The van der Waals surface area contributed by atoms with E-state index < -0.39 is 0 Å². The number of hydrogen-bond acceptors (Lipinski definition) is 4. The van der Waals surface area contributed by atoms with E-state index in [0.29, 0.717) is 25.2 Å². The number of aliphatic imine (C=N–C) groups is 1. The van der Waals surface area contributed by atoms with Gasteiger partial charge < -0.3 is 20.7 Å². The van der Waals surface area contributed by atoms with Crippen molar-refractivity contribution in [3.05, 3.63) is 12.7 Å². The summed E-state index contributed by atoms with van der Waals surface area (Å²) in [6.07, 6.45) is 4.07. The molecule has 1 amide bonds. The van der Waals surface area contributed by atoms with Crippen molar-refractivity contribution in [2.45, 2.75) is 18.9 Å². The number of guanidine groups is 1. The second-order valence-corrected chi connectivity index (χ2v) is 5.28. The number of methoxy groups -OCH3 is 1. The number of carbonyl (C=O) groups excluding carboxylic acids is 1. The number of halogens is 1. The number of piperidine rings is 1. The van der Waals surface area contributed by atoms with E-state index in [0.717, 1.165) is 32.5 Å². The number of rotatable bonds is 8. The van der Waals surface area contributed by atoms with E-state index in [9.17, 15) is 4.79 Å². The molecule has 1 aliphatic rings. The van der Waals surface area contributed by atoms with Crippen LogP contribution in [0.1, 0.15) is 12.8 Å². The van der Waals surface area contributed by atoms with Crippen LogP contribution in [0.3, 0.4) is 0 Å². The first-order valence-corrected chi connectivity index (χ1v) is 7.75. The highest BCUT2D eigenvalue weighted by Crippen LogP contribution is 2.09. The quantitative estimate of drug-likeness (QED) is 0.166. The highest BCUT2D eigenvalue weighted by Gasteiger charge is 2.19. The summed E-state index contributed by atoms with van der Waals surface area (Å²) in [7, 11) is 3.32. The zero-order valence-electron chi connectivity index (χ0n) is 14.1. The molecule has 1 aliphatic heterocycles. The molecule has 0 bridgehead atoms. The Morgan fingerprint density at radius 3 is 2.65 bits per heavy atom. The Morgan fingerprint density at radius 2 is 2.09 bits per heavy atom. The Bertz CT molecular complexity index is 371. The fourth-order valence-electron chi connectivity index (χ4n) is 2.35. The van der Waals surface area contributed by atoms with E-state index in [-0.39, 0.29) is 36.4 Å². The fourth-order valence-corrected chi connectivity index (χ4v) is 2.35. The van der Waals surface area contributed by atoms with Crippen LogP contribution in [-0.2, 0) is 9.53 Å². The molecule has 1 heterocycles. The molecule has 0 aliphatic carbocycles. The molecule has 134 valence electrons. The van der Waals surface area contributed by atoms with Gasteiger partial charge in [0.05, 0.1) is 13.2 Å². The van der Waals surface area contributed by atoms with Gasteiger partial charge in [0.25, 0.3) is 0 Å². The van der Waals surface area contributed by atoms with E-state index in [1.807, 2.05) is 6.08 Å². The molecule has 23 heavy (non-hydrogen) atoms. The molecule has 0 aromatic heterocycles. The molecule has 1 saturated heterocycles. The van der Waals surface area contributed by atoms with E-state index >= 15 is 0 Å². The standard InChI is InChI=1S/C15H29N5O2.HI/c1-4-8-20-9-5-13(6-10-20)19-15(16-2)18-12-14(21)17-7-11-22-3;/h4,13H,1,5-12H2,2-3H3,(H,17,21)(H2,16,18,19);1H. The summed E-state index contributed by atoms with van der Waals surface area (Å²) in [6, 6.07) is 0.392. The molecule has 0 saturated carbocycles. The van der Waals surface area contributed by atoms with Crippen LogP contribution in [0.4, 0.5) is 0 Å². The number of carbonyl (C=O) groups is 1. The van der Waals surface area contributed by atoms with Crippen LogP contribution in [0.2, 0.25) is 0 Å². The van der Waals surface area contributed by atoms with Crippen LogP contribution in [0, 0.1) is 0 Å². The van der Waals surface area contributed by atoms with Crippen molar-refractivity contribution >= 4 is 35.8 Å². The first kappa shape index (κ1) is 22.1. The van der Waals surface area contributed by atoms with E-state index in [4.69, 9.17) is 4.74 Å². The Morgan fingerprint density at radius 1 is 1.39 bits per heavy atom. The third kappa shape index (κ3) is 9.77. The molecule has 7 nitrogen and oxygen atoms in total. The van der Waals surface area contributed by atoms with Crippen LogP contribution in [0.5, 0.6) is 0 Å². The summed E-state index contributed by atoms with van der Waals surface area (Å²) in [5, 5.41) is 9.17. The Kier molecular flexibility index (Phi) is 13.0. The Hall–Kier alpha value is -0.870. The third-order valence-electron chi connectivity index (χ3n) is 3.58. The molecule has 1 rings (SSSR count). The van der Waals surface area contributed by atoms with Crippen molar-refractivity contribution in [2.75, 3.05) is 53.5 Å². The van der Waals surface area contributed by atoms with Gasteiger partial charge in [-0.2, -0.15) is 0 Å². The maximum absolute atomic E-state index is 11.6. The minimum Gasteiger partial charge on any atom is -0.383 e. The zero-order valence-corrected chi connectivity index (χ0v) is 16.5. The van der Waals surface area contributed by atoms with Crippen molar-refractivity contribution in [3.63, 3.8) is 0 Å². The van der Waals surface area contributed by atoms with Crippen molar-refractivity contribution in [3.8, 4) is 0 Å². The summed E-state index contributed by atoms with van der Waals surface area (Å²) in [5.74, 6) is 0.602. The molecular weight excluding hydrogens is 409 g/mol. The van der Waals surface area contributed by atoms with Gasteiger partial charge in [0, 0.05) is 46.4 Å². The van der Waals surface area contributed by atoms with Crippen molar-refractivity contribution < 1.29 is 9.53 Å². The number of likely N-dealkylation sites (tertiary alicyclic amines) is 1. The minimum atomic E-state index is -0.0687. The molecule has 0 unspecified atom stereocenters. The number of nitrogens with one attached hydrogen (secondary N) is 3. The number of amides is 1. The second-order valence-electron chi connectivity index (χ2n) is 5.28. The predicted octanol–water partition coefficient (Wildman–Crippen LogP) is 0.182. The van der Waals surface area contributed by atoms with Crippen LogP contribution >= 0.6 is 24.0 Å². The normalized spacial score (nSPS) is 16.3. The summed E-state index contributed by atoms with van der Waals surface area (Å²) in [5.41, 5.74) is 0. The average Bonchev–Trinajstić information content (AvgIpc) is 2.53. The molecule has 1 fully saturated rings. The van der Waals surface area contributed by atoms with Crippen molar-refractivity contribution in [1.29, 1.82) is 0 Å². The molecule has 0 aromatic rings. The number of ether oxygens (including phenoxy) is 1. The summed E-state index contributed by atoms with van der Waals surface area (Å²) >= 11 is 0. The highest BCUT2D eigenvalue weighted by molar-refractivity contribution is 14.0. The lowest BCUT2D eigenvalue weighted by Gasteiger charge is -2.32. The molecular formula is C15H30IN5O2. The van der Waals surface area contributed by atoms with Crippen LogP contribution < -0.4 is 16.0 Å². The smallest absolute Gasteiger partial charge is 0.239 e. The fraction of sp³-hybridized carbons (Fsp3) is 0.733. The lowest BCUT2D eigenvalue weighted by Crippen LogP contribution is -2.50. The van der Waals surface area contributed by atoms with Crippen LogP contribution in [0.25, 0.3) is 0 Å². The Labute approximate surface area is 156 Å². The van der Waals surface area contributed by atoms with Gasteiger partial charge in [-0.1, -0.05) is 6.08 Å². The van der Waals surface area contributed by atoms with Gasteiger partial charge in [0.15, 0.2) is 5.96 Å². The van der Waals surface area contributed by atoms with Gasteiger partial charge in [-0.25, -0.2) is 0 Å². The first-order chi connectivity index (χ1) is 10.7. The van der Waals surface area contributed by atoms with Crippen LogP contribution in [-0.4, -0.2) is 76.3 Å². The Balaban J connectivity index is 0.00000484. The maximum atomic E-state index is 11.6. The minimum absolute atomic E-state index is 0. The van der Waals surface area contributed by atoms with Gasteiger partial charge in [-0.05, 0) is 12.8 Å². The second kappa shape index (κ2) is 13.6. The van der Waals surface area contributed by atoms with E-state index in [2.05, 4.69) is 32.4 Å². The topological polar surface area (TPSA) is 78.0 Å². The van der Waals surface area contributed by atoms with Gasteiger partial charge in [0.1, 0.15) is 0 Å². The molecule has 3 N–H and O–H groups in total. The highest BCUT2D eigenvalue weighted by atomic mass is 127. The summed E-state index contributed by atoms with van der Waals surface area (Å²) < 4.78 is 4.88. The lowest BCUT2D eigenvalue weighted by molar-refractivity contribution is -0.120. The first-order valence-electron chi connectivity index (χ1n) is 7.75. The average molecular weight is 439 g/mol. The SMILES string of the molecule is C=CCN1CCC(NC(=NC)NCC(=O)NCCOC)CC1.I. The van der Waals surface area contributed by atoms with Crippen molar-refractivity contribution in [2.24, 2.45) is 4.99 Å². The third-order valence-corrected chi connectivity index (χ3v) is 3.58. The molecule has 8 heteroatoms. The largest absolute Gasteiger partial charge is 0.383 e. The van der Waals surface area contributed by atoms with Gasteiger partial charge >= 0.3 is 0 Å². The van der Waals surface area contributed by atoms with E-state index in [1.165, 1.54) is 0 Å². The van der Waals surface area contributed by atoms with Gasteiger partial charge in [-0.15, -0.1) is 30.6 Å². The number of nitrogens with zero attached hydrogens (tertiary/aromatic N) is 2.